The Morgan fingerprint density at radius 1 is 1.83 bits per heavy atom. The van der Waals surface area contributed by atoms with Gasteiger partial charge in [-0.3, -0.25) is 4.68 Å². The lowest BCUT2D eigenvalue weighted by Gasteiger charge is -1.85. The lowest BCUT2D eigenvalue weighted by atomic mass is 10.7. The van der Waals surface area contributed by atoms with E-state index in [0.29, 0.717) is 5.82 Å². The van der Waals surface area contributed by atoms with Crippen molar-refractivity contribution in [2.75, 3.05) is 0 Å². The van der Waals surface area contributed by atoms with Gasteiger partial charge in [-0.05, 0) is 0 Å². The van der Waals surface area contributed by atoms with Gasteiger partial charge in [0.15, 0.2) is 5.82 Å². The normalized spacial score (nSPS) is 10.5. The Morgan fingerprint density at radius 3 is 3.08 bits per heavy atom. The molecule has 1 heterocycles. The van der Waals surface area contributed by atoms with Crippen LogP contribution in [0.3, 0.4) is 0 Å². The summed E-state index contributed by atoms with van der Waals surface area (Å²) < 4.78 is 1.52. The molecule has 64 valence electrons. The second-order valence-electron chi connectivity index (χ2n) is 2.09. The first-order valence-corrected chi connectivity index (χ1v) is 3.25. The fraction of sp³-hybridized carbons (Fsp3) is 0.333. The fourth-order valence-corrected chi connectivity index (χ4v) is 0.563. The molecule has 6 nitrogen and oxygen atoms in total. The summed E-state index contributed by atoms with van der Waals surface area (Å²) in [5.41, 5.74) is 0. The second-order valence-corrected chi connectivity index (χ2v) is 2.09. The van der Waals surface area contributed by atoms with E-state index >= 15 is 0 Å². The Morgan fingerprint density at radius 2 is 2.58 bits per heavy atom. The Kier molecular flexibility index (Phi) is 2.52. The van der Waals surface area contributed by atoms with Crippen LogP contribution in [0.1, 0.15) is 12.7 Å². The highest BCUT2D eigenvalue weighted by Gasteiger charge is 1.93. The number of aryl methyl sites for hydroxylation is 1. The van der Waals surface area contributed by atoms with Gasteiger partial charge in [0.05, 0.1) is 0 Å². The molecular weight excluding hydrogens is 160 g/mol. The van der Waals surface area contributed by atoms with E-state index in [-0.39, 0.29) is 0 Å². The number of rotatable bonds is 2. The van der Waals surface area contributed by atoms with Crippen molar-refractivity contribution in [1.29, 1.82) is 0 Å². The molecule has 1 aromatic heterocycles. The lowest BCUT2D eigenvalue weighted by molar-refractivity contribution is -0.140. The molecule has 1 aromatic rings. The van der Waals surface area contributed by atoms with Gasteiger partial charge in [-0.15, -0.1) is 0 Å². The Hall–Kier alpha value is -1.72. The monoisotopic (exact) mass is 168 g/mol. The van der Waals surface area contributed by atoms with E-state index in [1.165, 1.54) is 24.1 Å². The molecule has 0 aromatic carbocycles. The van der Waals surface area contributed by atoms with Gasteiger partial charge in [-0.2, -0.15) is 5.10 Å². The van der Waals surface area contributed by atoms with Crippen molar-refractivity contribution in [1.82, 2.24) is 14.8 Å². The molecule has 0 N–H and O–H groups in total. The Labute approximate surface area is 68.8 Å². The van der Waals surface area contributed by atoms with E-state index in [1.807, 2.05) is 0 Å². The molecule has 6 heteroatoms. The fourth-order valence-electron chi connectivity index (χ4n) is 0.563. The maximum Gasteiger partial charge on any atom is 0.331 e. The molecule has 1 rings (SSSR count). The van der Waals surface area contributed by atoms with Crippen molar-refractivity contribution in [2.45, 2.75) is 6.92 Å². The molecule has 0 unspecified atom stereocenters. The van der Waals surface area contributed by atoms with Gasteiger partial charge >= 0.3 is 5.97 Å². The topological polar surface area (TPSA) is 69.4 Å². The number of carbonyl (C=O) groups excluding carboxylic acids is 1. The van der Waals surface area contributed by atoms with Crippen LogP contribution in [0, 0.1) is 0 Å². The van der Waals surface area contributed by atoms with Crippen molar-refractivity contribution < 1.29 is 9.63 Å². The van der Waals surface area contributed by atoms with Crippen LogP contribution < -0.4 is 0 Å². The van der Waals surface area contributed by atoms with Crippen LogP contribution >= 0.6 is 0 Å². The molecule has 12 heavy (non-hydrogen) atoms. The zero-order valence-corrected chi connectivity index (χ0v) is 6.76. The number of carbonyl (C=O) groups is 1. The molecule has 0 bridgehead atoms. The van der Waals surface area contributed by atoms with Crippen LogP contribution in [-0.2, 0) is 16.7 Å². The van der Waals surface area contributed by atoms with Gasteiger partial charge in [0.1, 0.15) is 12.5 Å². The zero-order chi connectivity index (χ0) is 8.97. The van der Waals surface area contributed by atoms with Crippen molar-refractivity contribution in [3.05, 3.63) is 12.2 Å². The minimum absolute atomic E-state index is 0.402. The van der Waals surface area contributed by atoms with Crippen LogP contribution in [0.25, 0.3) is 0 Å². The van der Waals surface area contributed by atoms with Gasteiger partial charge in [-0.25, -0.2) is 9.78 Å². The van der Waals surface area contributed by atoms with Crippen LogP contribution in [0.15, 0.2) is 11.5 Å². The molecule has 0 radical (unpaired) electrons. The van der Waals surface area contributed by atoms with Gasteiger partial charge in [0, 0.05) is 14.0 Å². The van der Waals surface area contributed by atoms with Gasteiger partial charge in [-0.1, -0.05) is 5.16 Å². The van der Waals surface area contributed by atoms with Crippen LogP contribution in [0.4, 0.5) is 0 Å². The third-order valence-corrected chi connectivity index (χ3v) is 0.967. The largest absolute Gasteiger partial charge is 0.331 e. The van der Waals surface area contributed by atoms with Crippen LogP contribution in [0.2, 0.25) is 0 Å². The summed E-state index contributed by atoms with van der Waals surface area (Å²) >= 11 is 0. The maximum absolute atomic E-state index is 10.3. The van der Waals surface area contributed by atoms with Crippen molar-refractivity contribution in [3.63, 3.8) is 0 Å². The van der Waals surface area contributed by atoms with Crippen LogP contribution in [-0.4, -0.2) is 26.9 Å². The number of hydrogen-bond donors (Lipinski definition) is 0. The third-order valence-electron chi connectivity index (χ3n) is 0.967. The number of aromatic nitrogens is 3. The summed E-state index contributed by atoms with van der Waals surface area (Å²) in [4.78, 5) is 18.4. The smallest absolute Gasteiger partial charge is 0.318 e. The highest BCUT2D eigenvalue weighted by atomic mass is 16.7. The van der Waals surface area contributed by atoms with Crippen LogP contribution in [0.5, 0.6) is 0 Å². The van der Waals surface area contributed by atoms with Crippen molar-refractivity contribution in [2.24, 2.45) is 12.2 Å². The maximum atomic E-state index is 10.3. The minimum atomic E-state index is -0.470. The third kappa shape index (κ3) is 2.49. The predicted molar refractivity (Wildman–Crippen MR) is 40.4 cm³/mol. The van der Waals surface area contributed by atoms with E-state index < -0.39 is 5.97 Å². The molecule has 0 atom stereocenters. The summed E-state index contributed by atoms with van der Waals surface area (Å²) in [6.07, 6.45) is 2.79. The lowest BCUT2D eigenvalue weighted by Crippen LogP contribution is -1.94. The zero-order valence-electron chi connectivity index (χ0n) is 6.76. The Bertz CT molecular complexity index is 304. The summed E-state index contributed by atoms with van der Waals surface area (Å²) in [5.74, 6) is -0.0686. The number of oxime groups is 1. The van der Waals surface area contributed by atoms with Gasteiger partial charge in [0.2, 0.25) is 0 Å². The summed E-state index contributed by atoms with van der Waals surface area (Å²) in [6, 6.07) is 0. The standard InChI is InChI=1S/C6H8N4O2/c1-5(11)12-8-3-6-7-4-10(2)9-6/h3-4H,1-2H3/b8-3+. The van der Waals surface area contributed by atoms with E-state index in [0.717, 1.165) is 0 Å². The van der Waals surface area contributed by atoms with E-state index in [2.05, 4.69) is 20.1 Å². The SMILES string of the molecule is CC(=O)O/N=C/c1ncn(C)n1. The van der Waals surface area contributed by atoms with Crippen molar-refractivity contribution >= 4 is 12.2 Å². The molecular formula is C6H8N4O2. The minimum Gasteiger partial charge on any atom is -0.318 e. The molecule has 0 spiro atoms. The van der Waals surface area contributed by atoms with E-state index in [4.69, 9.17) is 0 Å². The molecule has 0 aliphatic carbocycles. The van der Waals surface area contributed by atoms with E-state index in [1.54, 1.807) is 7.05 Å². The van der Waals surface area contributed by atoms with Gasteiger partial charge < -0.3 is 4.84 Å². The quantitative estimate of drug-likeness (QED) is 0.345. The second kappa shape index (κ2) is 3.61. The summed E-state index contributed by atoms with van der Waals surface area (Å²) in [7, 11) is 1.73. The highest BCUT2D eigenvalue weighted by molar-refractivity contribution is 5.74. The first-order valence-electron chi connectivity index (χ1n) is 3.25. The van der Waals surface area contributed by atoms with Crippen molar-refractivity contribution in [3.8, 4) is 0 Å². The number of nitrogens with zero attached hydrogens (tertiary/aromatic N) is 4. The number of hydrogen-bond acceptors (Lipinski definition) is 5. The summed E-state index contributed by atoms with van der Waals surface area (Å²) in [5, 5.41) is 7.21. The average molecular weight is 168 g/mol. The predicted octanol–water partition coefficient (Wildman–Crippen LogP) is -0.288. The molecule has 0 fully saturated rings. The molecule has 0 aliphatic heterocycles. The van der Waals surface area contributed by atoms with Gasteiger partial charge in [0.25, 0.3) is 0 Å². The molecule has 0 aliphatic rings. The Balaban J connectivity index is 2.52. The molecule has 0 saturated heterocycles. The van der Waals surface area contributed by atoms with E-state index in [9.17, 15) is 4.79 Å². The molecule has 0 saturated carbocycles. The molecule has 0 amide bonds. The highest BCUT2D eigenvalue weighted by Crippen LogP contribution is 1.83. The first-order chi connectivity index (χ1) is 5.68. The average Bonchev–Trinajstić information content (AvgIpc) is 2.35. The summed E-state index contributed by atoms with van der Waals surface area (Å²) in [6.45, 7) is 1.27. The first kappa shape index (κ1) is 8.38.